The van der Waals surface area contributed by atoms with Crippen LogP contribution in [0.5, 0.6) is 0 Å². The molecule has 0 saturated heterocycles. The van der Waals surface area contributed by atoms with Crippen LogP contribution < -0.4 is 0 Å². The summed E-state index contributed by atoms with van der Waals surface area (Å²) in [6.45, 7) is 0. The molecule has 15 heteroatoms. The second-order valence-electron chi connectivity index (χ2n) is 8.21. The van der Waals surface area contributed by atoms with Gasteiger partial charge in [0.15, 0.2) is 17.5 Å². The van der Waals surface area contributed by atoms with Crippen LogP contribution in [-0.4, -0.2) is 4.98 Å². The predicted octanol–water partition coefficient (Wildman–Crippen LogP) is 6.69. The average Bonchev–Trinajstić information content (AvgIpc) is 2.93. The minimum atomic E-state index is -2.08. The first kappa shape index (κ1) is 29.6. The SMILES string of the molecule is N#Cc1c(F)cc(F)c(-c2nc(-c3c(F)cc(F)c(C#N)c3F)c(C#N)c(-c3c(F)cc(F)c(C#N)c3F)c2C#N)c1F. The Morgan fingerprint density at radius 1 is 0.372 bits per heavy atom. The monoisotopic (exact) mass is 594 g/mol. The maximum atomic E-state index is 15.4. The van der Waals surface area contributed by atoms with E-state index in [0.29, 0.717) is 0 Å². The van der Waals surface area contributed by atoms with Crippen LogP contribution in [0.25, 0.3) is 33.6 Å². The first-order valence-corrected chi connectivity index (χ1v) is 11.0. The van der Waals surface area contributed by atoms with E-state index in [2.05, 4.69) is 4.98 Å². The van der Waals surface area contributed by atoms with E-state index in [-0.39, 0.29) is 18.2 Å². The average molecular weight is 594 g/mol. The number of halogens is 9. The second kappa shape index (κ2) is 10.9. The molecule has 6 nitrogen and oxygen atoms in total. The first-order valence-electron chi connectivity index (χ1n) is 11.0. The number of pyridine rings is 1. The van der Waals surface area contributed by atoms with Gasteiger partial charge < -0.3 is 0 Å². The lowest BCUT2D eigenvalue weighted by molar-refractivity contribution is 0.542. The maximum absolute atomic E-state index is 15.4. The fourth-order valence-electron chi connectivity index (χ4n) is 4.16. The molecule has 4 aromatic rings. The Morgan fingerprint density at radius 3 is 0.953 bits per heavy atom. The summed E-state index contributed by atoms with van der Waals surface area (Å²) in [5.74, 6) is -17.2. The van der Waals surface area contributed by atoms with Crippen molar-refractivity contribution in [3.8, 4) is 64.0 Å². The van der Waals surface area contributed by atoms with Crippen molar-refractivity contribution < 1.29 is 39.5 Å². The third-order valence-corrected chi connectivity index (χ3v) is 5.99. The number of rotatable bonds is 3. The zero-order valence-electron chi connectivity index (χ0n) is 20.3. The van der Waals surface area contributed by atoms with Crippen LogP contribution >= 0.6 is 0 Å². The molecule has 0 bridgehead atoms. The van der Waals surface area contributed by atoms with Crippen molar-refractivity contribution in [2.24, 2.45) is 0 Å². The Bertz CT molecular complexity index is 2030. The highest BCUT2D eigenvalue weighted by atomic mass is 19.2. The largest absolute Gasteiger partial charge is 0.245 e. The van der Waals surface area contributed by atoms with Gasteiger partial charge in [-0.2, -0.15) is 26.3 Å². The van der Waals surface area contributed by atoms with Gasteiger partial charge in [0.2, 0.25) is 0 Å². The molecule has 0 amide bonds. The van der Waals surface area contributed by atoms with Gasteiger partial charge in [0.1, 0.15) is 81.9 Å². The lowest BCUT2D eigenvalue weighted by Gasteiger charge is -2.18. The van der Waals surface area contributed by atoms with Crippen LogP contribution in [0.3, 0.4) is 0 Å². The van der Waals surface area contributed by atoms with Crippen LogP contribution in [0.15, 0.2) is 18.2 Å². The number of nitrogens with zero attached hydrogens (tertiary/aromatic N) is 6. The number of hydrogen-bond donors (Lipinski definition) is 0. The summed E-state index contributed by atoms with van der Waals surface area (Å²) >= 11 is 0. The number of aromatic nitrogens is 1. The summed E-state index contributed by atoms with van der Waals surface area (Å²) < 4.78 is 134. The normalized spacial score (nSPS) is 10.3. The van der Waals surface area contributed by atoms with Crippen LogP contribution in [0.2, 0.25) is 0 Å². The van der Waals surface area contributed by atoms with E-state index in [1.807, 2.05) is 0 Å². The Morgan fingerprint density at radius 2 is 0.651 bits per heavy atom. The number of hydrogen-bond acceptors (Lipinski definition) is 6. The van der Waals surface area contributed by atoms with E-state index >= 15 is 26.3 Å². The molecule has 0 aliphatic heterocycles. The van der Waals surface area contributed by atoms with Crippen LogP contribution in [0.4, 0.5) is 39.5 Å². The van der Waals surface area contributed by atoms with Gasteiger partial charge in [-0.15, -0.1) is 0 Å². The third-order valence-electron chi connectivity index (χ3n) is 5.99. The summed E-state index contributed by atoms with van der Waals surface area (Å²) in [7, 11) is 0. The number of nitriles is 5. The Labute approximate surface area is 233 Å². The lowest BCUT2D eigenvalue weighted by atomic mass is 9.87. The van der Waals surface area contributed by atoms with Crippen molar-refractivity contribution in [3.05, 3.63) is 98.4 Å². The van der Waals surface area contributed by atoms with Gasteiger partial charge in [0, 0.05) is 23.8 Å². The van der Waals surface area contributed by atoms with Crippen molar-refractivity contribution in [2.45, 2.75) is 0 Å². The molecule has 0 aliphatic rings. The molecule has 1 aromatic heterocycles. The highest BCUT2D eigenvalue weighted by Gasteiger charge is 2.34. The Balaban J connectivity index is 2.42. The molecule has 0 fully saturated rings. The minimum absolute atomic E-state index is 0.0585. The molecular weight excluding hydrogens is 591 g/mol. The molecule has 0 aliphatic carbocycles. The van der Waals surface area contributed by atoms with Crippen molar-refractivity contribution in [3.63, 3.8) is 0 Å². The van der Waals surface area contributed by atoms with E-state index in [9.17, 15) is 23.7 Å². The zero-order valence-corrected chi connectivity index (χ0v) is 20.3. The summed E-state index contributed by atoms with van der Waals surface area (Å²) in [6.07, 6.45) is 0. The molecule has 4 rings (SSSR count). The fourth-order valence-corrected chi connectivity index (χ4v) is 4.16. The molecule has 0 atom stereocenters. The molecule has 1 heterocycles. The van der Waals surface area contributed by atoms with Gasteiger partial charge in [-0.25, -0.2) is 44.5 Å². The van der Waals surface area contributed by atoms with Crippen LogP contribution in [-0.2, 0) is 0 Å². The van der Waals surface area contributed by atoms with Crippen LogP contribution in [0, 0.1) is 109 Å². The van der Waals surface area contributed by atoms with Gasteiger partial charge in [0.05, 0.1) is 39.2 Å². The minimum Gasteiger partial charge on any atom is -0.245 e. The van der Waals surface area contributed by atoms with Crippen molar-refractivity contribution in [2.75, 3.05) is 0 Å². The molecular formula is C28H3F9N6. The summed E-state index contributed by atoms with van der Waals surface area (Å²) in [4.78, 5) is 3.56. The standard InChI is InChI=1S/C28H3F9N6/c29-14-1-17(32)21(24(35)9(14)4-38)20-12(7-41)27(22-18(33)2-15(30)10(5-39)25(22)36)43-28(13(20)8-42)23-19(34)3-16(31)11(6-40)26(23)37/h1-3H. The first-order chi connectivity index (χ1) is 20.4. The van der Waals surface area contributed by atoms with Crippen molar-refractivity contribution >= 4 is 0 Å². The number of benzene rings is 3. The summed E-state index contributed by atoms with van der Waals surface area (Å²) in [5.41, 5.74) is -16.0. The predicted molar refractivity (Wildman–Crippen MR) is 124 cm³/mol. The van der Waals surface area contributed by atoms with Gasteiger partial charge in [-0.1, -0.05) is 0 Å². The van der Waals surface area contributed by atoms with Gasteiger partial charge >= 0.3 is 0 Å². The smallest absolute Gasteiger partial charge is 0.156 e. The van der Waals surface area contributed by atoms with E-state index in [1.165, 1.54) is 12.1 Å². The fraction of sp³-hybridized carbons (Fsp3) is 0. The maximum Gasteiger partial charge on any atom is 0.156 e. The molecule has 0 N–H and O–H groups in total. The molecule has 43 heavy (non-hydrogen) atoms. The van der Waals surface area contributed by atoms with E-state index < -0.39 is 114 Å². The van der Waals surface area contributed by atoms with Crippen molar-refractivity contribution in [1.29, 1.82) is 26.3 Å². The Hall–Kier alpha value is -6.37. The zero-order chi connectivity index (χ0) is 31.9. The lowest BCUT2D eigenvalue weighted by Crippen LogP contribution is -2.10. The summed E-state index contributed by atoms with van der Waals surface area (Å²) in [6, 6.07) is 5.49. The highest BCUT2D eigenvalue weighted by molar-refractivity contribution is 5.90. The molecule has 3 aromatic carbocycles. The van der Waals surface area contributed by atoms with Gasteiger partial charge in [-0.05, 0) is 0 Å². The second-order valence-corrected chi connectivity index (χ2v) is 8.21. The van der Waals surface area contributed by atoms with E-state index in [4.69, 9.17) is 15.8 Å². The van der Waals surface area contributed by atoms with Gasteiger partial charge in [-0.3, -0.25) is 0 Å². The quantitative estimate of drug-likeness (QED) is 0.243. The highest BCUT2D eigenvalue weighted by Crippen LogP contribution is 2.44. The van der Waals surface area contributed by atoms with Crippen LogP contribution in [0.1, 0.15) is 27.8 Å². The molecule has 208 valence electrons. The molecule has 0 spiro atoms. The van der Waals surface area contributed by atoms with Crippen molar-refractivity contribution in [1.82, 2.24) is 4.98 Å². The van der Waals surface area contributed by atoms with E-state index in [0.717, 1.165) is 18.2 Å². The molecule has 0 radical (unpaired) electrons. The van der Waals surface area contributed by atoms with Gasteiger partial charge in [0.25, 0.3) is 0 Å². The topological polar surface area (TPSA) is 132 Å². The third kappa shape index (κ3) is 4.41. The Kier molecular flexibility index (Phi) is 7.50. The van der Waals surface area contributed by atoms with E-state index in [1.54, 1.807) is 0 Å². The molecule has 0 unspecified atom stereocenters. The summed E-state index contributed by atoms with van der Waals surface area (Å²) in [5, 5.41) is 47.3. The molecule has 0 saturated carbocycles.